The molecule has 0 radical (unpaired) electrons. The van der Waals surface area contributed by atoms with E-state index in [1.165, 1.54) is 23.5 Å². The molecule has 4 nitrogen and oxygen atoms in total. The average Bonchev–Trinajstić information content (AvgIpc) is 2.78. The summed E-state index contributed by atoms with van der Waals surface area (Å²) in [6.45, 7) is 0. The van der Waals surface area contributed by atoms with E-state index in [0.717, 1.165) is 16.7 Å². The van der Waals surface area contributed by atoms with E-state index < -0.39 is 15.8 Å². The van der Waals surface area contributed by atoms with Gasteiger partial charge in [0.15, 0.2) is 9.84 Å². The Hall–Kier alpha value is -1.66. The number of hydrogen-bond acceptors (Lipinski definition) is 4. The summed E-state index contributed by atoms with van der Waals surface area (Å²) in [7, 11) is -3.19. The zero-order valence-electron chi connectivity index (χ0n) is 9.45. The highest BCUT2D eigenvalue weighted by Gasteiger charge is 2.11. The summed E-state index contributed by atoms with van der Waals surface area (Å²) >= 11 is 1.17. The molecule has 0 saturated carbocycles. The number of hydrogen-bond donors (Lipinski definition) is 1. The van der Waals surface area contributed by atoms with Crippen LogP contribution in [0.4, 0.5) is 0 Å². The van der Waals surface area contributed by atoms with Crippen molar-refractivity contribution in [2.75, 3.05) is 6.26 Å². The van der Waals surface area contributed by atoms with E-state index in [4.69, 9.17) is 5.11 Å². The van der Waals surface area contributed by atoms with E-state index in [9.17, 15) is 13.2 Å². The predicted molar refractivity (Wildman–Crippen MR) is 69.8 cm³/mol. The van der Waals surface area contributed by atoms with Gasteiger partial charge in [0.2, 0.25) is 0 Å². The van der Waals surface area contributed by atoms with Crippen molar-refractivity contribution in [2.45, 2.75) is 4.21 Å². The molecule has 0 bridgehead atoms. The molecule has 0 fully saturated rings. The number of rotatable bonds is 3. The summed E-state index contributed by atoms with van der Waals surface area (Å²) < 4.78 is 23.0. The lowest BCUT2D eigenvalue weighted by Gasteiger charge is -1.98. The standard InChI is InChI=1S/C12H10O4S2/c1-18(15,16)11-7-6-10(17-11)8-2-4-9(5-3-8)12(13)14/h2-7H,1H3,(H,13,14). The third-order valence-corrected chi connectivity index (χ3v) is 5.32. The molecule has 18 heavy (non-hydrogen) atoms. The van der Waals surface area contributed by atoms with Gasteiger partial charge in [-0.05, 0) is 29.8 Å². The van der Waals surface area contributed by atoms with Crippen LogP contribution in [0.25, 0.3) is 10.4 Å². The highest BCUT2D eigenvalue weighted by atomic mass is 32.2. The molecule has 2 aromatic rings. The van der Waals surface area contributed by atoms with Crippen LogP contribution in [-0.2, 0) is 9.84 Å². The minimum Gasteiger partial charge on any atom is -0.478 e. The molecular formula is C12H10O4S2. The summed E-state index contributed by atoms with van der Waals surface area (Å²) in [5.41, 5.74) is 1.01. The van der Waals surface area contributed by atoms with Gasteiger partial charge in [0.05, 0.1) is 5.56 Å². The first kappa shape index (κ1) is 12.8. The zero-order chi connectivity index (χ0) is 13.3. The highest BCUT2D eigenvalue weighted by molar-refractivity contribution is 7.92. The molecule has 1 aromatic carbocycles. The number of aromatic carboxylic acids is 1. The van der Waals surface area contributed by atoms with Gasteiger partial charge in [-0.2, -0.15) is 0 Å². The topological polar surface area (TPSA) is 71.4 Å². The molecule has 0 aliphatic rings. The molecule has 1 N–H and O–H groups in total. The molecule has 0 aliphatic carbocycles. The van der Waals surface area contributed by atoms with Gasteiger partial charge in [-0.25, -0.2) is 13.2 Å². The fourth-order valence-electron chi connectivity index (χ4n) is 1.45. The molecule has 6 heteroatoms. The maximum absolute atomic E-state index is 11.4. The quantitative estimate of drug-likeness (QED) is 0.939. The van der Waals surface area contributed by atoms with Crippen molar-refractivity contribution in [3.63, 3.8) is 0 Å². The monoisotopic (exact) mass is 282 g/mol. The van der Waals surface area contributed by atoms with Crippen molar-refractivity contribution >= 4 is 27.1 Å². The molecule has 0 unspecified atom stereocenters. The maximum Gasteiger partial charge on any atom is 0.335 e. The maximum atomic E-state index is 11.4. The van der Waals surface area contributed by atoms with E-state index in [1.54, 1.807) is 24.3 Å². The summed E-state index contributed by atoms with van der Waals surface area (Å²) in [5.74, 6) is -0.982. The van der Waals surface area contributed by atoms with E-state index >= 15 is 0 Å². The zero-order valence-corrected chi connectivity index (χ0v) is 11.1. The molecule has 0 spiro atoms. The second kappa shape index (κ2) is 4.55. The lowest BCUT2D eigenvalue weighted by atomic mass is 10.1. The molecule has 0 saturated heterocycles. The van der Waals surface area contributed by atoms with Crippen LogP contribution in [0.2, 0.25) is 0 Å². The van der Waals surface area contributed by atoms with Gasteiger partial charge in [0, 0.05) is 11.1 Å². The van der Waals surface area contributed by atoms with Gasteiger partial charge in [-0.1, -0.05) is 12.1 Å². The second-order valence-electron chi connectivity index (χ2n) is 3.77. The average molecular weight is 282 g/mol. The van der Waals surface area contributed by atoms with Crippen LogP contribution in [0.5, 0.6) is 0 Å². The van der Waals surface area contributed by atoms with Crippen LogP contribution in [0.3, 0.4) is 0 Å². The van der Waals surface area contributed by atoms with Crippen molar-refractivity contribution in [1.29, 1.82) is 0 Å². The third-order valence-electron chi connectivity index (χ3n) is 2.36. The van der Waals surface area contributed by atoms with Crippen LogP contribution in [0, 0.1) is 0 Å². The number of carbonyl (C=O) groups is 1. The molecule has 1 aromatic heterocycles. The fourth-order valence-corrected chi connectivity index (χ4v) is 3.38. The fraction of sp³-hybridized carbons (Fsp3) is 0.0833. The summed E-state index contributed by atoms with van der Waals surface area (Å²) in [6.07, 6.45) is 1.16. The molecule has 0 atom stereocenters. The van der Waals surface area contributed by atoms with Gasteiger partial charge in [-0.15, -0.1) is 11.3 Å². The molecule has 0 amide bonds. The first-order chi connectivity index (χ1) is 8.38. The van der Waals surface area contributed by atoms with E-state index in [1.807, 2.05) is 0 Å². The largest absolute Gasteiger partial charge is 0.478 e. The smallest absolute Gasteiger partial charge is 0.335 e. The minimum absolute atomic E-state index is 0.207. The van der Waals surface area contributed by atoms with Crippen molar-refractivity contribution < 1.29 is 18.3 Å². The van der Waals surface area contributed by atoms with Crippen molar-refractivity contribution in [2.24, 2.45) is 0 Å². The van der Waals surface area contributed by atoms with Crippen LogP contribution in [0.1, 0.15) is 10.4 Å². The van der Waals surface area contributed by atoms with Gasteiger partial charge in [-0.3, -0.25) is 0 Å². The Balaban J connectivity index is 2.38. The Bertz CT molecular complexity index is 681. The normalized spacial score (nSPS) is 11.4. The number of carboxylic acid groups (broad SMARTS) is 1. The first-order valence-corrected chi connectivity index (χ1v) is 7.72. The van der Waals surface area contributed by atoms with E-state index in [0.29, 0.717) is 4.21 Å². The SMILES string of the molecule is CS(=O)(=O)c1ccc(-c2ccc(C(=O)O)cc2)s1. The van der Waals surface area contributed by atoms with E-state index in [-0.39, 0.29) is 5.56 Å². The van der Waals surface area contributed by atoms with Crippen LogP contribution in [-0.4, -0.2) is 25.7 Å². The Kier molecular flexibility index (Phi) is 3.23. The number of benzene rings is 1. The number of thiophene rings is 1. The van der Waals surface area contributed by atoms with Crippen LogP contribution < -0.4 is 0 Å². The minimum atomic E-state index is -3.19. The lowest BCUT2D eigenvalue weighted by molar-refractivity contribution is 0.0697. The number of sulfone groups is 1. The molecule has 2 rings (SSSR count). The highest BCUT2D eigenvalue weighted by Crippen LogP contribution is 2.30. The van der Waals surface area contributed by atoms with Crippen LogP contribution in [0.15, 0.2) is 40.6 Å². The van der Waals surface area contributed by atoms with Gasteiger partial charge >= 0.3 is 5.97 Å². The Labute approximate surface area is 108 Å². The molecule has 0 aliphatic heterocycles. The Morgan fingerprint density at radius 1 is 1.11 bits per heavy atom. The van der Waals surface area contributed by atoms with Gasteiger partial charge in [0.1, 0.15) is 4.21 Å². The molecule has 1 heterocycles. The summed E-state index contributed by atoms with van der Waals surface area (Å²) in [4.78, 5) is 11.5. The predicted octanol–water partition coefficient (Wildman–Crippen LogP) is 2.52. The van der Waals surface area contributed by atoms with Gasteiger partial charge < -0.3 is 5.11 Å². The van der Waals surface area contributed by atoms with E-state index in [2.05, 4.69) is 0 Å². The van der Waals surface area contributed by atoms with Crippen molar-refractivity contribution in [3.8, 4) is 10.4 Å². The second-order valence-corrected chi connectivity index (χ2v) is 7.10. The Morgan fingerprint density at radius 3 is 2.17 bits per heavy atom. The molecular weight excluding hydrogens is 272 g/mol. The van der Waals surface area contributed by atoms with Gasteiger partial charge in [0.25, 0.3) is 0 Å². The van der Waals surface area contributed by atoms with Crippen LogP contribution >= 0.6 is 11.3 Å². The summed E-state index contributed by atoms with van der Waals surface area (Å²) in [5, 5.41) is 8.78. The Morgan fingerprint density at radius 2 is 1.72 bits per heavy atom. The van der Waals surface area contributed by atoms with Crippen molar-refractivity contribution in [1.82, 2.24) is 0 Å². The molecule has 94 valence electrons. The number of carboxylic acids is 1. The lowest BCUT2D eigenvalue weighted by Crippen LogP contribution is -1.94. The first-order valence-electron chi connectivity index (χ1n) is 5.01. The van der Waals surface area contributed by atoms with Crippen molar-refractivity contribution in [3.05, 3.63) is 42.0 Å². The third kappa shape index (κ3) is 2.60. The summed E-state index contributed by atoms with van der Waals surface area (Å²) in [6, 6.07) is 9.61.